The van der Waals surface area contributed by atoms with Crippen LogP contribution in [0.1, 0.15) is 35.0 Å². The van der Waals surface area contributed by atoms with Crippen LogP contribution in [0.5, 0.6) is 0 Å². The summed E-state index contributed by atoms with van der Waals surface area (Å²) in [7, 11) is 0. The van der Waals surface area contributed by atoms with E-state index >= 15 is 0 Å². The third kappa shape index (κ3) is 3.01. The molecule has 100 valence electrons. The minimum absolute atomic E-state index is 0.156. The maximum atomic E-state index is 12.8. The predicted octanol–water partition coefficient (Wildman–Crippen LogP) is 3.63. The molecule has 0 unspecified atom stereocenters. The zero-order chi connectivity index (χ0) is 13.2. The van der Waals surface area contributed by atoms with Crippen molar-refractivity contribution < 1.29 is 4.39 Å². The number of thiazole rings is 1. The van der Waals surface area contributed by atoms with Gasteiger partial charge in [0.2, 0.25) is 0 Å². The summed E-state index contributed by atoms with van der Waals surface area (Å²) in [5, 5.41) is 6.77. The van der Waals surface area contributed by atoms with Crippen molar-refractivity contribution in [2.75, 3.05) is 0 Å². The number of nitrogens with zero attached hydrogens (tertiary/aromatic N) is 1. The number of rotatable bonds is 4. The van der Waals surface area contributed by atoms with E-state index in [9.17, 15) is 4.39 Å². The van der Waals surface area contributed by atoms with Gasteiger partial charge in [0.05, 0.1) is 0 Å². The predicted molar refractivity (Wildman–Crippen MR) is 75.9 cm³/mol. The number of nitrogens with one attached hydrogen (secondary N) is 1. The molecule has 1 saturated carbocycles. The van der Waals surface area contributed by atoms with Crippen LogP contribution in [0.4, 0.5) is 4.39 Å². The normalized spacial score (nSPS) is 22.2. The highest BCUT2D eigenvalue weighted by Gasteiger charge is 2.29. The lowest BCUT2D eigenvalue weighted by Gasteiger charge is -2.36. The van der Waals surface area contributed by atoms with Gasteiger partial charge in [0.25, 0.3) is 0 Å². The Hall–Kier alpha value is -1.26. The summed E-state index contributed by atoms with van der Waals surface area (Å²) in [6.45, 7) is 2.88. The Morgan fingerprint density at radius 2 is 2.05 bits per heavy atom. The summed E-state index contributed by atoms with van der Waals surface area (Å²) < 4.78 is 12.8. The molecule has 1 aliphatic carbocycles. The van der Waals surface area contributed by atoms with Crippen LogP contribution in [0.25, 0.3) is 0 Å². The van der Waals surface area contributed by atoms with E-state index in [0.29, 0.717) is 12.0 Å². The highest BCUT2D eigenvalue weighted by Crippen LogP contribution is 2.36. The largest absolute Gasteiger partial charge is 0.308 e. The van der Waals surface area contributed by atoms with Crippen LogP contribution >= 0.6 is 11.3 Å². The molecule has 19 heavy (non-hydrogen) atoms. The first-order chi connectivity index (χ1) is 9.20. The van der Waals surface area contributed by atoms with Crippen molar-refractivity contribution in [2.24, 2.45) is 0 Å². The van der Waals surface area contributed by atoms with Crippen molar-refractivity contribution in [3.05, 3.63) is 51.7 Å². The number of aromatic nitrogens is 1. The fraction of sp³-hybridized carbons (Fsp3) is 0.400. The molecule has 3 rings (SSSR count). The Labute approximate surface area is 116 Å². The molecule has 4 heteroatoms. The third-order valence-electron chi connectivity index (χ3n) is 3.69. The number of halogens is 1. The van der Waals surface area contributed by atoms with Gasteiger partial charge in [-0.3, -0.25) is 0 Å². The minimum Gasteiger partial charge on any atom is -0.308 e. The Kier molecular flexibility index (Phi) is 3.62. The first-order valence-electron chi connectivity index (χ1n) is 6.60. The average Bonchev–Trinajstić information content (AvgIpc) is 2.75. The molecule has 1 heterocycles. The van der Waals surface area contributed by atoms with Gasteiger partial charge in [-0.25, -0.2) is 9.37 Å². The van der Waals surface area contributed by atoms with Crippen molar-refractivity contribution in [1.29, 1.82) is 0 Å². The second-order valence-electron chi connectivity index (χ2n) is 5.18. The first-order valence-corrected chi connectivity index (χ1v) is 7.48. The topological polar surface area (TPSA) is 24.9 Å². The zero-order valence-corrected chi connectivity index (χ0v) is 11.7. The van der Waals surface area contributed by atoms with Gasteiger partial charge in [0.15, 0.2) is 0 Å². The van der Waals surface area contributed by atoms with Crippen molar-refractivity contribution in [1.82, 2.24) is 10.3 Å². The van der Waals surface area contributed by atoms with Crippen LogP contribution in [-0.2, 0) is 6.54 Å². The molecule has 0 saturated heterocycles. The van der Waals surface area contributed by atoms with Crippen molar-refractivity contribution >= 4 is 11.3 Å². The van der Waals surface area contributed by atoms with E-state index in [1.54, 1.807) is 23.5 Å². The Morgan fingerprint density at radius 1 is 1.32 bits per heavy atom. The van der Waals surface area contributed by atoms with Crippen LogP contribution in [0.3, 0.4) is 0 Å². The van der Waals surface area contributed by atoms with E-state index in [4.69, 9.17) is 0 Å². The number of benzene rings is 1. The summed E-state index contributed by atoms with van der Waals surface area (Å²) in [5.74, 6) is 0.424. The summed E-state index contributed by atoms with van der Waals surface area (Å²) in [4.78, 5) is 4.44. The molecular formula is C15H17FN2S. The van der Waals surface area contributed by atoms with Crippen molar-refractivity contribution in [3.8, 4) is 0 Å². The molecule has 1 N–H and O–H groups in total. The summed E-state index contributed by atoms with van der Waals surface area (Å²) in [6, 6.07) is 7.48. The molecule has 0 amide bonds. The van der Waals surface area contributed by atoms with Crippen LogP contribution < -0.4 is 5.32 Å². The lowest BCUT2D eigenvalue weighted by Crippen LogP contribution is -2.39. The summed E-state index contributed by atoms with van der Waals surface area (Å²) in [6.07, 6.45) is 2.27. The third-order valence-corrected chi connectivity index (χ3v) is 4.65. The summed E-state index contributed by atoms with van der Waals surface area (Å²) in [5.41, 5.74) is 2.35. The van der Waals surface area contributed by atoms with Gasteiger partial charge in [-0.1, -0.05) is 12.1 Å². The van der Waals surface area contributed by atoms with Gasteiger partial charge in [-0.2, -0.15) is 0 Å². The van der Waals surface area contributed by atoms with Gasteiger partial charge >= 0.3 is 0 Å². The molecule has 1 fully saturated rings. The van der Waals surface area contributed by atoms with Gasteiger partial charge in [-0.15, -0.1) is 11.3 Å². The second-order valence-corrected chi connectivity index (χ2v) is 6.12. The zero-order valence-electron chi connectivity index (χ0n) is 10.9. The Morgan fingerprint density at radius 3 is 2.68 bits per heavy atom. The van der Waals surface area contributed by atoms with E-state index < -0.39 is 0 Å². The lowest BCUT2D eigenvalue weighted by atomic mass is 9.76. The van der Waals surface area contributed by atoms with Gasteiger partial charge in [0.1, 0.15) is 10.8 Å². The van der Waals surface area contributed by atoms with Crippen LogP contribution in [0.15, 0.2) is 29.6 Å². The van der Waals surface area contributed by atoms with Crippen molar-refractivity contribution in [2.45, 2.75) is 38.3 Å². The van der Waals surface area contributed by atoms with E-state index in [1.807, 2.05) is 19.1 Å². The van der Waals surface area contributed by atoms with Gasteiger partial charge < -0.3 is 5.32 Å². The Bertz CT molecular complexity index is 544. The fourth-order valence-corrected chi connectivity index (χ4v) is 3.23. The molecule has 2 aromatic rings. The Balaban J connectivity index is 1.46. The van der Waals surface area contributed by atoms with Crippen LogP contribution in [0.2, 0.25) is 0 Å². The maximum absolute atomic E-state index is 12.8. The minimum atomic E-state index is -0.156. The quantitative estimate of drug-likeness (QED) is 0.922. The number of hydrogen-bond donors (Lipinski definition) is 1. The van der Waals surface area contributed by atoms with E-state index in [0.717, 1.165) is 30.1 Å². The molecule has 1 aliphatic rings. The highest BCUT2D eigenvalue weighted by molar-refractivity contribution is 7.09. The SMILES string of the molecule is Cc1csc(CNC2CC(c3ccc(F)cc3)C2)n1. The highest BCUT2D eigenvalue weighted by atomic mass is 32.1. The van der Waals surface area contributed by atoms with Crippen LogP contribution in [-0.4, -0.2) is 11.0 Å². The fourth-order valence-electron chi connectivity index (χ4n) is 2.51. The molecule has 1 aromatic heterocycles. The first kappa shape index (κ1) is 12.8. The van der Waals surface area contributed by atoms with Gasteiger partial charge in [0, 0.05) is 23.7 Å². The molecule has 1 aromatic carbocycles. The smallest absolute Gasteiger partial charge is 0.123 e. The van der Waals surface area contributed by atoms with Gasteiger partial charge in [-0.05, 0) is 43.4 Å². The van der Waals surface area contributed by atoms with E-state index in [2.05, 4.69) is 15.7 Å². The molecule has 0 bridgehead atoms. The maximum Gasteiger partial charge on any atom is 0.123 e. The monoisotopic (exact) mass is 276 g/mol. The lowest BCUT2D eigenvalue weighted by molar-refractivity contribution is 0.289. The number of hydrogen-bond acceptors (Lipinski definition) is 3. The average molecular weight is 276 g/mol. The second kappa shape index (κ2) is 5.39. The number of aryl methyl sites for hydroxylation is 1. The molecule has 0 aliphatic heterocycles. The molecule has 0 radical (unpaired) electrons. The standard InChI is InChI=1S/C15H17FN2S/c1-10-9-19-15(18-10)8-17-14-6-12(7-14)11-2-4-13(16)5-3-11/h2-5,9,12,14,17H,6-8H2,1H3. The van der Waals surface area contributed by atoms with E-state index in [1.165, 1.54) is 5.56 Å². The summed E-state index contributed by atoms with van der Waals surface area (Å²) >= 11 is 1.71. The van der Waals surface area contributed by atoms with Crippen molar-refractivity contribution in [3.63, 3.8) is 0 Å². The van der Waals surface area contributed by atoms with E-state index in [-0.39, 0.29) is 5.82 Å². The van der Waals surface area contributed by atoms with Crippen LogP contribution in [0, 0.1) is 12.7 Å². The molecule has 0 spiro atoms. The molecule has 0 atom stereocenters. The molecular weight excluding hydrogens is 259 g/mol. The molecule has 2 nitrogen and oxygen atoms in total.